The number of carbonyl (C=O) groups excluding carboxylic acids is 1. The van der Waals surface area contributed by atoms with E-state index in [1.165, 1.54) is 17.0 Å². The Morgan fingerprint density at radius 2 is 1.77 bits per heavy atom. The summed E-state index contributed by atoms with van der Waals surface area (Å²) in [5.74, 6) is -0.443. The van der Waals surface area contributed by atoms with Crippen LogP contribution in [-0.2, 0) is 6.42 Å². The number of para-hydroxylation sites is 2. The molecule has 2 amide bonds. The van der Waals surface area contributed by atoms with Gasteiger partial charge in [-0.1, -0.05) is 60.2 Å². The number of amides is 2. The van der Waals surface area contributed by atoms with E-state index in [0.29, 0.717) is 6.54 Å². The van der Waals surface area contributed by atoms with E-state index in [1.54, 1.807) is 23.1 Å². The third-order valence-corrected chi connectivity index (χ3v) is 5.80. The van der Waals surface area contributed by atoms with Crippen molar-refractivity contribution in [1.29, 1.82) is 0 Å². The molecule has 4 nitrogen and oxygen atoms in total. The predicted octanol–water partition coefficient (Wildman–Crippen LogP) is 5.80. The summed E-state index contributed by atoms with van der Waals surface area (Å²) in [7, 11) is 0. The van der Waals surface area contributed by atoms with Gasteiger partial charge in [-0.25, -0.2) is 9.18 Å². The van der Waals surface area contributed by atoms with E-state index in [-0.39, 0.29) is 17.8 Å². The van der Waals surface area contributed by atoms with E-state index in [1.807, 2.05) is 19.1 Å². The molecule has 4 aromatic rings. The van der Waals surface area contributed by atoms with Crippen LogP contribution in [0.3, 0.4) is 0 Å². The Hall–Kier alpha value is -3.60. The summed E-state index contributed by atoms with van der Waals surface area (Å²) in [6.45, 7) is 2.59. The summed E-state index contributed by atoms with van der Waals surface area (Å²) in [5.41, 5.74) is 5.70. The van der Waals surface area contributed by atoms with Gasteiger partial charge in [0.1, 0.15) is 5.82 Å². The fourth-order valence-corrected chi connectivity index (χ4v) is 4.30. The predicted molar refractivity (Wildman–Crippen MR) is 117 cm³/mol. The number of nitrogens with one attached hydrogen (secondary N) is 2. The number of urea groups is 1. The molecule has 0 spiro atoms. The SMILES string of the molecule is Cc1ccc(C2c3[nH]c4ccccc4c3CCN2C(=O)Nc2ccccc2F)cc1. The molecular formula is C25H22FN3O. The number of anilines is 1. The molecule has 2 N–H and O–H groups in total. The lowest BCUT2D eigenvalue weighted by Crippen LogP contribution is -2.43. The lowest BCUT2D eigenvalue weighted by molar-refractivity contribution is 0.193. The number of aromatic amines is 1. The average Bonchev–Trinajstić information content (AvgIpc) is 3.14. The second-order valence-corrected chi connectivity index (χ2v) is 7.73. The standard InChI is InChI=1S/C25H22FN3O/c1-16-10-12-17(13-11-16)24-23-19(18-6-2-4-8-21(18)27-23)14-15-29(24)25(30)28-22-9-5-3-7-20(22)26/h2-13,24,27H,14-15H2,1H3,(H,28,30). The van der Waals surface area contributed by atoms with Gasteiger partial charge in [-0.2, -0.15) is 0 Å². The zero-order valence-corrected chi connectivity index (χ0v) is 16.7. The van der Waals surface area contributed by atoms with E-state index >= 15 is 0 Å². The minimum Gasteiger partial charge on any atom is -0.356 e. The van der Waals surface area contributed by atoms with Crippen LogP contribution in [0.25, 0.3) is 10.9 Å². The second kappa shape index (κ2) is 7.34. The number of hydrogen-bond acceptors (Lipinski definition) is 1. The number of halogens is 1. The molecule has 5 heteroatoms. The maximum atomic E-state index is 14.1. The van der Waals surface area contributed by atoms with Crippen LogP contribution in [0.4, 0.5) is 14.9 Å². The van der Waals surface area contributed by atoms with Gasteiger partial charge >= 0.3 is 6.03 Å². The Morgan fingerprint density at radius 1 is 1.03 bits per heavy atom. The molecule has 2 heterocycles. The second-order valence-electron chi connectivity index (χ2n) is 7.73. The van der Waals surface area contributed by atoms with Gasteiger partial charge in [-0.05, 0) is 42.7 Å². The minimum absolute atomic E-state index is 0.188. The van der Waals surface area contributed by atoms with Crippen LogP contribution in [-0.4, -0.2) is 22.5 Å². The summed E-state index contributed by atoms with van der Waals surface area (Å²) >= 11 is 0. The van der Waals surface area contributed by atoms with Crippen LogP contribution >= 0.6 is 0 Å². The molecule has 0 radical (unpaired) electrons. The number of aromatic nitrogens is 1. The molecule has 0 bridgehead atoms. The molecule has 150 valence electrons. The lowest BCUT2D eigenvalue weighted by Gasteiger charge is -2.36. The zero-order chi connectivity index (χ0) is 20.7. The Bertz CT molecular complexity index is 1230. The normalized spacial score (nSPS) is 15.8. The molecule has 1 unspecified atom stereocenters. The summed E-state index contributed by atoms with van der Waals surface area (Å²) in [6.07, 6.45) is 0.742. The molecule has 1 aromatic heterocycles. The highest BCUT2D eigenvalue weighted by atomic mass is 19.1. The first-order valence-electron chi connectivity index (χ1n) is 10.1. The van der Waals surface area contributed by atoms with Crippen LogP contribution in [0.15, 0.2) is 72.8 Å². The van der Waals surface area contributed by atoms with Crippen molar-refractivity contribution in [3.8, 4) is 0 Å². The van der Waals surface area contributed by atoms with E-state index in [2.05, 4.69) is 46.7 Å². The van der Waals surface area contributed by atoms with Gasteiger partial charge < -0.3 is 15.2 Å². The van der Waals surface area contributed by atoms with Crippen molar-refractivity contribution >= 4 is 22.6 Å². The smallest absolute Gasteiger partial charge is 0.322 e. The highest BCUT2D eigenvalue weighted by Gasteiger charge is 2.34. The Labute approximate surface area is 174 Å². The largest absolute Gasteiger partial charge is 0.356 e. The van der Waals surface area contributed by atoms with E-state index in [4.69, 9.17) is 0 Å². The van der Waals surface area contributed by atoms with E-state index < -0.39 is 5.82 Å². The summed E-state index contributed by atoms with van der Waals surface area (Å²) in [6, 6.07) is 22.1. The number of H-pyrrole nitrogens is 1. The fourth-order valence-electron chi connectivity index (χ4n) is 4.30. The van der Waals surface area contributed by atoms with E-state index in [9.17, 15) is 9.18 Å². The molecule has 1 aliphatic heterocycles. The number of aryl methyl sites for hydroxylation is 1. The Balaban J connectivity index is 1.59. The first kappa shape index (κ1) is 18.4. The van der Waals surface area contributed by atoms with Crippen LogP contribution in [0.5, 0.6) is 0 Å². The number of nitrogens with zero attached hydrogens (tertiary/aromatic N) is 1. The topological polar surface area (TPSA) is 48.1 Å². The maximum Gasteiger partial charge on any atom is 0.322 e. The third kappa shape index (κ3) is 3.12. The van der Waals surface area contributed by atoms with Crippen molar-refractivity contribution in [2.45, 2.75) is 19.4 Å². The van der Waals surface area contributed by atoms with Gasteiger partial charge in [0.25, 0.3) is 0 Å². The molecule has 1 aliphatic rings. The summed E-state index contributed by atoms with van der Waals surface area (Å²) in [5, 5.41) is 3.95. The number of carbonyl (C=O) groups is 1. The third-order valence-electron chi connectivity index (χ3n) is 5.80. The quantitative estimate of drug-likeness (QED) is 0.440. The fraction of sp³-hybridized carbons (Fsp3) is 0.160. The minimum atomic E-state index is -0.443. The van der Waals surface area contributed by atoms with Gasteiger partial charge in [0.15, 0.2) is 0 Å². The number of benzene rings is 3. The van der Waals surface area contributed by atoms with Gasteiger partial charge in [0, 0.05) is 23.1 Å². The summed E-state index contributed by atoms with van der Waals surface area (Å²) in [4.78, 5) is 18.6. The number of fused-ring (bicyclic) bond motifs is 3. The molecule has 3 aromatic carbocycles. The first-order valence-corrected chi connectivity index (χ1v) is 10.1. The van der Waals surface area contributed by atoms with Crippen molar-refractivity contribution in [3.05, 3.63) is 101 Å². The average molecular weight is 399 g/mol. The maximum absolute atomic E-state index is 14.1. The molecule has 0 aliphatic carbocycles. The molecule has 0 fully saturated rings. The number of hydrogen-bond donors (Lipinski definition) is 2. The molecule has 5 rings (SSSR count). The molecule has 30 heavy (non-hydrogen) atoms. The van der Waals surface area contributed by atoms with Crippen LogP contribution in [0, 0.1) is 12.7 Å². The Kier molecular flexibility index (Phi) is 4.51. The van der Waals surface area contributed by atoms with Gasteiger partial charge in [-0.3, -0.25) is 0 Å². The molecule has 1 atom stereocenters. The first-order chi connectivity index (χ1) is 14.6. The monoisotopic (exact) mass is 399 g/mol. The van der Waals surface area contributed by atoms with Crippen molar-refractivity contribution < 1.29 is 9.18 Å². The molecule has 0 saturated carbocycles. The molecule has 0 saturated heterocycles. The molecular weight excluding hydrogens is 377 g/mol. The highest BCUT2D eigenvalue weighted by Crippen LogP contribution is 2.38. The van der Waals surface area contributed by atoms with Crippen molar-refractivity contribution in [2.75, 3.05) is 11.9 Å². The lowest BCUT2D eigenvalue weighted by atomic mass is 9.92. The Morgan fingerprint density at radius 3 is 2.57 bits per heavy atom. The van der Waals surface area contributed by atoms with E-state index in [0.717, 1.165) is 28.8 Å². The summed E-state index contributed by atoms with van der Waals surface area (Å²) < 4.78 is 14.1. The van der Waals surface area contributed by atoms with Crippen LogP contribution in [0.1, 0.15) is 28.4 Å². The van der Waals surface area contributed by atoms with Crippen LogP contribution < -0.4 is 5.32 Å². The van der Waals surface area contributed by atoms with Gasteiger partial charge in [0.05, 0.1) is 11.7 Å². The zero-order valence-electron chi connectivity index (χ0n) is 16.7. The van der Waals surface area contributed by atoms with Gasteiger partial charge in [0.2, 0.25) is 0 Å². The highest BCUT2D eigenvalue weighted by molar-refractivity contribution is 5.91. The van der Waals surface area contributed by atoms with Crippen molar-refractivity contribution in [2.24, 2.45) is 0 Å². The van der Waals surface area contributed by atoms with Crippen LogP contribution in [0.2, 0.25) is 0 Å². The number of rotatable bonds is 2. The van der Waals surface area contributed by atoms with Gasteiger partial charge in [-0.15, -0.1) is 0 Å². The van der Waals surface area contributed by atoms with Crippen molar-refractivity contribution in [3.63, 3.8) is 0 Å². The van der Waals surface area contributed by atoms with Crippen molar-refractivity contribution in [1.82, 2.24) is 9.88 Å².